The summed E-state index contributed by atoms with van der Waals surface area (Å²) in [4.78, 5) is 0. The van der Waals surface area contributed by atoms with Gasteiger partial charge in [-0.15, -0.1) is 0 Å². The van der Waals surface area contributed by atoms with E-state index in [-0.39, 0.29) is 11.5 Å². The van der Waals surface area contributed by atoms with Crippen molar-refractivity contribution in [3.8, 4) is 39.9 Å². The monoisotopic (exact) mass is 438 g/mol. The standard InChI is InChI=1S/C29H26O4/c1-32-27-4-2-3-22-12-7-19-8-13-23(14-9-19)33-28-18-21(11-16-25(28)30)6-5-20-10-15-24(29(22)27)26(31)17-20/h2-4,8-11,13-18,30-31H,5-7,12H2,1H3. The van der Waals surface area contributed by atoms with Crippen molar-refractivity contribution >= 4 is 0 Å². The molecule has 0 saturated heterocycles. The number of phenolic OH excluding ortho intramolecular Hbond substituents is 2. The number of ether oxygens (including phenoxy) is 2. The SMILES string of the molecule is COc1cccc2c1-c1ccc(cc1O)CCc1ccc(O)c(c1)Oc1ccc(cc1)CC2. The summed E-state index contributed by atoms with van der Waals surface area (Å²) in [6.45, 7) is 0. The Morgan fingerprint density at radius 2 is 1.39 bits per heavy atom. The maximum atomic E-state index is 11.0. The Morgan fingerprint density at radius 1 is 0.697 bits per heavy atom. The van der Waals surface area contributed by atoms with Gasteiger partial charge in [-0.1, -0.05) is 42.5 Å². The van der Waals surface area contributed by atoms with E-state index in [0.717, 1.165) is 59.3 Å². The lowest BCUT2D eigenvalue weighted by atomic mass is 9.92. The van der Waals surface area contributed by atoms with Crippen LogP contribution in [-0.2, 0) is 25.7 Å². The van der Waals surface area contributed by atoms with Crippen LogP contribution in [-0.4, -0.2) is 17.3 Å². The molecular formula is C29H26O4. The number of methoxy groups -OCH3 is 1. The fourth-order valence-electron chi connectivity index (χ4n) is 4.42. The smallest absolute Gasteiger partial charge is 0.169 e. The first-order valence-corrected chi connectivity index (χ1v) is 11.2. The molecule has 166 valence electrons. The van der Waals surface area contributed by atoms with Crippen LogP contribution in [0.2, 0.25) is 0 Å². The predicted octanol–water partition coefficient (Wildman–Crippen LogP) is 6.45. The summed E-state index contributed by atoms with van der Waals surface area (Å²) in [6.07, 6.45) is 3.15. The van der Waals surface area contributed by atoms with E-state index in [1.807, 2.05) is 60.7 Å². The molecule has 0 spiro atoms. The minimum Gasteiger partial charge on any atom is -0.507 e. The number of aryl methyl sites for hydroxylation is 4. The average Bonchev–Trinajstić information content (AvgIpc) is 2.83. The zero-order chi connectivity index (χ0) is 22.8. The van der Waals surface area contributed by atoms with Gasteiger partial charge in [0.1, 0.15) is 17.2 Å². The summed E-state index contributed by atoms with van der Waals surface area (Å²) in [5, 5.41) is 21.2. The second-order valence-electron chi connectivity index (χ2n) is 8.39. The second-order valence-corrected chi connectivity index (χ2v) is 8.39. The molecule has 4 aromatic rings. The minimum absolute atomic E-state index is 0.116. The molecule has 0 saturated carbocycles. The fraction of sp³-hybridized carbons (Fsp3) is 0.172. The third-order valence-electron chi connectivity index (χ3n) is 6.22. The number of hydrogen-bond donors (Lipinski definition) is 2. The Bertz CT molecular complexity index is 1290. The Hall–Kier alpha value is -3.92. The molecule has 0 radical (unpaired) electrons. The molecule has 4 heterocycles. The predicted molar refractivity (Wildman–Crippen MR) is 130 cm³/mol. The van der Waals surface area contributed by atoms with Gasteiger partial charge in [-0.2, -0.15) is 0 Å². The van der Waals surface area contributed by atoms with Gasteiger partial charge in [0.05, 0.1) is 7.11 Å². The number of phenols is 2. The van der Waals surface area contributed by atoms with Gasteiger partial charge in [0.25, 0.3) is 0 Å². The molecule has 33 heavy (non-hydrogen) atoms. The van der Waals surface area contributed by atoms with Gasteiger partial charge < -0.3 is 19.7 Å². The van der Waals surface area contributed by atoms with Crippen LogP contribution in [0.1, 0.15) is 22.3 Å². The van der Waals surface area contributed by atoms with Gasteiger partial charge in [0.2, 0.25) is 0 Å². The summed E-state index contributed by atoms with van der Waals surface area (Å²) in [5.41, 5.74) is 6.11. The number of hydrogen-bond acceptors (Lipinski definition) is 4. The maximum absolute atomic E-state index is 11.0. The number of aromatic hydroxyl groups is 2. The molecule has 4 aliphatic rings. The quantitative estimate of drug-likeness (QED) is 0.359. The molecule has 6 bridgehead atoms. The van der Waals surface area contributed by atoms with Gasteiger partial charge in [0.15, 0.2) is 11.5 Å². The van der Waals surface area contributed by atoms with E-state index in [1.165, 1.54) is 5.56 Å². The van der Waals surface area contributed by atoms with Gasteiger partial charge in [-0.05, 0) is 84.3 Å². The zero-order valence-electron chi connectivity index (χ0n) is 18.5. The summed E-state index contributed by atoms with van der Waals surface area (Å²) in [5.74, 6) is 2.25. The van der Waals surface area contributed by atoms with Crippen molar-refractivity contribution in [1.29, 1.82) is 0 Å². The van der Waals surface area contributed by atoms with E-state index >= 15 is 0 Å². The van der Waals surface area contributed by atoms with Crippen LogP contribution >= 0.6 is 0 Å². The van der Waals surface area contributed by atoms with Crippen LogP contribution in [0.3, 0.4) is 0 Å². The van der Waals surface area contributed by atoms with Crippen molar-refractivity contribution in [2.45, 2.75) is 25.7 Å². The van der Waals surface area contributed by atoms with Gasteiger partial charge >= 0.3 is 0 Å². The van der Waals surface area contributed by atoms with Crippen LogP contribution in [0.15, 0.2) is 78.9 Å². The van der Waals surface area contributed by atoms with E-state index in [1.54, 1.807) is 13.2 Å². The Kier molecular flexibility index (Phi) is 5.66. The van der Waals surface area contributed by atoms with E-state index in [2.05, 4.69) is 12.1 Å². The van der Waals surface area contributed by atoms with Crippen LogP contribution in [0, 0.1) is 0 Å². The van der Waals surface area contributed by atoms with Crippen molar-refractivity contribution in [3.05, 3.63) is 101 Å². The lowest BCUT2D eigenvalue weighted by molar-refractivity contribution is 0.410. The van der Waals surface area contributed by atoms with E-state index < -0.39 is 0 Å². The first-order chi connectivity index (χ1) is 16.1. The molecule has 8 rings (SSSR count). The Labute approximate surface area is 193 Å². The second kappa shape index (κ2) is 8.91. The average molecular weight is 439 g/mol. The highest BCUT2D eigenvalue weighted by molar-refractivity contribution is 5.79. The molecule has 0 fully saturated rings. The van der Waals surface area contributed by atoms with Crippen LogP contribution in [0.25, 0.3) is 11.1 Å². The zero-order valence-corrected chi connectivity index (χ0v) is 18.5. The van der Waals surface area contributed by atoms with Gasteiger partial charge in [0, 0.05) is 11.1 Å². The molecular weight excluding hydrogens is 412 g/mol. The topological polar surface area (TPSA) is 58.9 Å². The van der Waals surface area contributed by atoms with Crippen molar-refractivity contribution in [2.24, 2.45) is 0 Å². The lowest BCUT2D eigenvalue weighted by Crippen LogP contribution is -1.99. The molecule has 4 aliphatic heterocycles. The van der Waals surface area contributed by atoms with Crippen molar-refractivity contribution in [2.75, 3.05) is 7.11 Å². The molecule has 2 N–H and O–H groups in total. The molecule has 4 aromatic carbocycles. The highest BCUT2D eigenvalue weighted by Crippen LogP contribution is 2.40. The Balaban J connectivity index is 1.61. The number of rotatable bonds is 1. The largest absolute Gasteiger partial charge is 0.507 e. The highest BCUT2D eigenvalue weighted by Gasteiger charge is 2.16. The van der Waals surface area contributed by atoms with Crippen molar-refractivity contribution in [1.82, 2.24) is 0 Å². The van der Waals surface area contributed by atoms with E-state index in [4.69, 9.17) is 9.47 Å². The molecule has 4 nitrogen and oxygen atoms in total. The molecule has 0 amide bonds. The van der Waals surface area contributed by atoms with E-state index in [0.29, 0.717) is 11.5 Å². The summed E-state index contributed by atoms with van der Waals surface area (Å²) >= 11 is 0. The van der Waals surface area contributed by atoms with Gasteiger partial charge in [-0.3, -0.25) is 0 Å². The third kappa shape index (κ3) is 4.37. The molecule has 0 unspecified atom stereocenters. The van der Waals surface area contributed by atoms with Crippen LogP contribution < -0.4 is 9.47 Å². The van der Waals surface area contributed by atoms with Crippen molar-refractivity contribution in [3.63, 3.8) is 0 Å². The molecule has 0 atom stereocenters. The molecule has 0 aliphatic carbocycles. The van der Waals surface area contributed by atoms with Gasteiger partial charge in [-0.25, -0.2) is 0 Å². The number of benzene rings is 4. The first kappa shape index (κ1) is 21.0. The fourth-order valence-corrected chi connectivity index (χ4v) is 4.42. The first-order valence-electron chi connectivity index (χ1n) is 11.2. The molecule has 0 aromatic heterocycles. The van der Waals surface area contributed by atoms with Crippen LogP contribution in [0.4, 0.5) is 0 Å². The lowest BCUT2D eigenvalue weighted by Gasteiger charge is -2.17. The third-order valence-corrected chi connectivity index (χ3v) is 6.22. The minimum atomic E-state index is 0.116. The summed E-state index contributed by atoms with van der Waals surface area (Å²) in [6, 6.07) is 25.3. The molecule has 4 heteroatoms. The van der Waals surface area contributed by atoms with Crippen LogP contribution in [0.5, 0.6) is 28.7 Å². The highest BCUT2D eigenvalue weighted by atomic mass is 16.5. The maximum Gasteiger partial charge on any atom is 0.169 e. The van der Waals surface area contributed by atoms with Crippen molar-refractivity contribution < 1.29 is 19.7 Å². The van der Waals surface area contributed by atoms with E-state index in [9.17, 15) is 10.2 Å². The Morgan fingerprint density at radius 3 is 2.15 bits per heavy atom. The summed E-state index contributed by atoms with van der Waals surface area (Å²) < 4.78 is 11.6. The normalized spacial score (nSPS) is 13.0. The summed E-state index contributed by atoms with van der Waals surface area (Å²) in [7, 11) is 1.66.